The van der Waals surface area contributed by atoms with E-state index in [1.807, 2.05) is 4.90 Å². The Labute approximate surface area is 126 Å². The highest BCUT2D eigenvalue weighted by Crippen LogP contribution is 2.35. The van der Waals surface area contributed by atoms with Crippen LogP contribution in [0.4, 0.5) is 10.6 Å². The zero-order valence-corrected chi connectivity index (χ0v) is 12.8. The summed E-state index contributed by atoms with van der Waals surface area (Å²) in [6.07, 6.45) is 1.45. The van der Waals surface area contributed by atoms with E-state index in [1.54, 1.807) is 17.7 Å². The number of nitrogens with zero attached hydrogens (tertiary/aromatic N) is 4. The summed E-state index contributed by atoms with van der Waals surface area (Å²) in [7, 11) is 0. The van der Waals surface area contributed by atoms with Gasteiger partial charge in [-0.15, -0.1) is 11.3 Å². The highest BCUT2D eigenvalue weighted by atomic mass is 32.1. The van der Waals surface area contributed by atoms with Crippen molar-refractivity contribution in [2.45, 2.75) is 19.9 Å². The Hall–Kier alpha value is -1.89. The molecule has 0 unspecified atom stereocenters. The van der Waals surface area contributed by atoms with E-state index in [0.717, 1.165) is 29.1 Å². The van der Waals surface area contributed by atoms with Crippen LogP contribution in [0.2, 0.25) is 0 Å². The van der Waals surface area contributed by atoms with E-state index in [0.29, 0.717) is 13.2 Å². The fourth-order valence-electron chi connectivity index (χ4n) is 3.08. The van der Waals surface area contributed by atoms with Gasteiger partial charge in [0, 0.05) is 24.5 Å². The van der Waals surface area contributed by atoms with Gasteiger partial charge in [0.1, 0.15) is 23.6 Å². The van der Waals surface area contributed by atoms with E-state index in [4.69, 9.17) is 4.74 Å². The van der Waals surface area contributed by atoms with Gasteiger partial charge in [-0.1, -0.05) is 0 Å². The van der Waals surface area contributed by atoms with E-state index >= 15 is 0 Å². The van der Waals surface area contributed by atoms with Crippen LogP contribution < -0.4 is 4.90 Å². The van der Waals surface area contributed by atoms with E-state index in [9.17, 15) is 4.79 Å². The third-order valence-electron chi connectivity index (χ3n) is 4.36. The molecule has 6 nitrogen and oxygen atoms in total. The summed E-state index contributed by atoms with van der Waals surface area (Å²) < 4.78 is 5.13. The van der Waals surface area contributed by atoms with Crippen molar-refractivity contribution in [1.29, 1.82) is 0 Å². The molecule has 2 aliphatic heterocycles. The molecule has 1 atom stereocenters. The molecule has 0 N–H and O–H groups in total. The summed E-state index contributed by atoms with van der Waals surface area (Å²) in [5.41, 5.74) is 1.26. The fourth-order valence-corrected chi connectivity index (χ4v) is 4.08. The predicted molar refractivity (Wildman–Crippen MR) is 80.9 cm³/mol. The minimum absolute atomic E-state index is 0.135. The van der Waals surface area contributed by atoms with Crippen LogP contribution in [0.1, 0.15) is 10.4 Å². The number of aryl methyl sites for hydroxylation is 2. The average Bonchev–Trinajstić information content (AvgIpc) is 3.00. The van der Waals surface area contributed by atoms with Crippen LogP contribution >= 0.6 is 11.3 Å². The second kappa shape index (κ2) is 4.56. The van der Waals surface area contributed by atoms with Crippen LogP contribution in [-0.2, 0) is 4.74 Å². The number of anilines is 1. The number of rotatable bonds is 1. The van der Waals surface area contributed by atoms with Crippen molar-refractivity contribution in [3.63, 3.8) is 0 Å². The largest absolute Gasteiger partial charge is 0.447 e. The Balaban J connectivity index is 1.73. The van der Waals surface area contributed by atoms with Gasteiger partial charge in [0.05, 0.1) is 11.4 Å². The molecule has 0 aliphatic carbocycles. The molecule has 0 aromatic carbocycles. The first-order valence-electron chi connectivity index (χ1n) is 7.04. The van der Waals surface area contributed by atoms with Crippen molar-refractivity contribution < 1.29 is 9.53 Å². The van der Waals surface area contributed by atoms with E-state index < -0.39 is 0 Å². The Morgan fingerprint density at radius 3 is 3.05 bits per heavy atom. The van der Waals surface area contributed by atoms with Crippen molar-refractivity contribution in [1.82, 2.24) is 14.9 Å². The van der Waals surface area contributed by atoms with Gasteiger partial charge in [-0.2, -0.15) is 0 Å². The second-order valence-corrected chi connectivity index (χ2v) is 6.73. The number of ether oxygens (including phenoxy) is 1. The summed E-state index contributed by atoms with van der Waals surface area (Å²) in [4.78, 5) is 26.9. The van der Waals surface area contributed by atoms with Gasteiger partial charge in [-0.25, -0.2) is 14.8 Å². The van der Waals surface area contributed by atoms with Gasteiger partial charge in [0.2, 0.25) is 0 Å². The number of fused-ring (bicyclic) bond motifs is 2. The third-order valence-corrected chi connectivity index (χ3v) is 5.48. The Morgan fingerprint density at radius 1 is 1.33 bits per heavy atom. The first-order chi connectivity index (χ1) is 10.1. The zero-order chi connectivity index (χ0) is 14.6. The van der Waals surface area contributed by atoms with Crippen LogP contribution in [0.15, 0.2) is 6.33 Å². The Morgan fingerprint density at radius 2 is 2.19 bits per heavy atom. The highest BCUT2D eigenvalue weighted by Gasteiger charge is 2.38. The molecule has 21 heavy (non-hydrogen) atoms. The Kier molecular flexibility index (Phi) is 2.78. The summed E-state index contributed by atoms with van der Waals surface area (Å²) in [5, 5.41) is 1.15. The molecule has 7 heteroatoms. The number of carbonyl (C=O) groups is 1. The smallest absolute Gasteiger partial charge is 0.410 e. The molecule has 0 spiro atoms. The lowest BCUT2D eigenvalue weighted by Gasteiger charge is -2.36. The van der Waals surface area contributed by atoms with Crippen molar-refractivity contribution in [3.05, 3.63) is 16.8 Å². The average molecular weight is 304 g/mol. The highest BCUT2D eigenvalue weighted by molar-refractivity contribution is 7.18. The van der Waals surface area contributed by atoms with Crippen LogP contribution in [0, 0.1) is 13.8 Å². The normalized spacial score (nSPS) is 21.8. The number of hydrogen-bond acceptors (Lipinski definition) is 6. The number of amides is 1. The maximum atomic E-state index is 11.6. The van der Waals surface area contributed by atoms with Gasteiger partial charge < -0.3 is 9.64 Å². The van der Waals surface area contributed by atoms with Crippen molar-refractivity contribution >= 4 is 33.5 Å². The maximum absolute atomic E-state index is 11.6. The molecular weight excluding hydrogens is 288 g/mol. The van der Waals surface area contributed by atoms with Crippen LogP contribution in [0.5, 0.6) is 0 Å². The van der Waals surface area contributed by atoms with Crippen molar-refractivity contribution in [3.8, 4) is 0 Å². The summed E-state index contributed by atoms with van der Waals surface area (Å²) >= 11 is 1.71. The van der Waals surface area contributed by atoms with Crippen LogP contribution in [0.25, 0.3) is 10.2 Å². The van der Waals surface area contributed by atoms with Crippen molar-refractivity contribution in [2.24, 2.45) is 0 Å². The first kappa shape index (κ1) is 12.8. The van der Waals surface area contributed by atoms with Gasteiger partial charge in [-0.05, 0) is 19.4 Å². The topological polar surface area (TPSA) is 58.6 Å². The number of thiophene rings is 1. The van der Waals surface area contributed by atoms with Crippen molar-refractivity contribution in [2.75, 3.05) is 31.1 Å². The molecule has 4 rings (SSSR count). The van der Waals surface area contributed by atoms with E-state index in [2.05, 4.69) is 28.7 Å². The maximum Gasteiger partial charge on any atom is 0.410 e. The third kappa shape index (κ3) is 1.87. The number of carbonyl (C=O) groups excluding carboxylic acids is 1. The lowest BCUT2D eigenvalue weighted by molar-refractivity contribution is 0.157. The molecule has 2 aromatic heterocycles. The monoisotopic (exact) mass is 304 g/mol. The lowest BCUT2D eigenvalue weighted by atomic mass is 10.1. The molecule has 0 radical (unpaired) electrons. The van der Waals surface area contributed by atoms with Gasteiger partial charge in [-0.3, -0.25) is 4.90 Å². The zero-order valence-electron chi connectivity index (χ0n) is 12.0. The molecule has 2 saturated heterocycles. The van der Waals surface area contributed by atoms with Gasteiger partial charge in [0.25, 0.3) is 0 Å². The standard InChI is InChI=1S/C14H16N4O2S/c1-8-9(2)21-13-11(8)12(15-7-16-13)17-3-4-18-10(5-17)6-20-14(18)19/h7,10H,3-6H2,1-2H3/t10-/m1/s1. The number of aromatic nitrogens is 2. The minimum Gasteiger partial charge on any atom is -0.447 e. The molecular formula is C14H16N4O2S. The SMILES string of the molecule is Cc1sc2ncnc(N3CCN4C(=O)OC[C@H]4C3)c2c1C. The molecule has 2 fully saturated rings. The Bertz CT molecular complexity index is 729. The summed E-state index contributed by atoms with van der Waals surface area (Å²) in [6.45, 7) is 6.97. The molecule has 2 aromatic rings. The van der Waals surface area contributed by atoms with Gasteiger partial charge in [0.15, 0.2) is 0 Å². The summed E-state index contributed by atoms with van der Waals surface area (Å²) in [6, 6.07) is 0.135. The number of piperazine rings is 1. The molecule has 2 aliphatic rings. The van der Waals surface area contributed by atoms with Crippen LogP contribution in [-0.4, -0.2) is 53.2 Å². The quantitative estimate of drug-likeness (QED) is 0.806. The van der Waals surface area contributed by atoms with Crippen LogP contribution in [0.3, 0.4) is 0 Å². The second-order valence-electron chi connectivity index (χ2n) is 5.53. The first-order valence-corrected chi connectivity index (χ1v) is 7.86. The molecule has 0 bridgehead atoms. The van der Waals surface area contributed by atoms with E-state index in [-0.39, 0.29) is 12.1 Å². The lowest BCUT2D eigenvalue weighted by Crippen LogP contribution is -2.52. The summed E-state index contributed by atoms with van der Waals surface area (Å²) in [5.74, 6) is 0.987. The van der Waals surface area contributed by atoms with Gasteiger partial charge >= 0.3 is 6.09 Å². The fraction of sp³-hybridized carbons (Fsp3) is 0.500. The number of hydrogen-bond donors (Lipinski definition) is 0. The predicted octanol–water partition coefficient (Wildman–Crippen LogP) is 1.95. The van der Waals surface area contributed by atoms with E-state index in [1.165, 1.54) is 10.4 Å². The minimum atomic E-state index is -0.185. The molecule has 1 amide bonds. The number of cyclic esters (lactones) is 1. The molecule has 0 saturated carbocycles. The molecule has 110 valence electrons. The molecule has 4 heterocycles.